The first-order valence-electron chi connectivity index (χ1n) is 9.94. The van der Waals surface area contributed by atoms with Gasteiger partial charge in [0.2, 0.25) is 0 Å². The number of benzene rings is 2. The van der Waals surface area contributed by atoms with Gasteiger partial charge in [-0.25, -0.2) is 0 Å². The molecule has 154 valence electrons. The van der Waals surface area contributed by atoms with Crippen LogP contribution in [0.2, 0.25) is 0 Å². The van der Waals surface area contributed by atoms with Gasteiger partial charge < -0.3 is 19.9 Å². The van der Waals surface area contributed by atoms with Crippen molar-refractivity contribution < 1.29 is 9.53 Å². The second-order valence-corrected chi connectivity index (χ2v) is 7.53. The minimum atomic E-state index is -0.251. The van der Waals surface area contributed by atoms with Crippen molar-refractivity contribution in [3.63, 3.8) is 0 Å². The van der Waals surface area contributed by atoms with Gasteiger partial charge in [0.1, 0.15) is 5.75 Å². The lowest BCUT2D eigenvalue weighted by atomic mass is 10.2. The number of amides is 1. The summed E-state index contributed by atoms with van der Waals surface area (Å²) in [5, 5.41) is 6.05. The highest BCUT2D eigenvalue weighted by Crippen LogP contribution is 2.19. The van der Waals surface area contributed by atoms with Crippen LogP contribution in [0.3, 0.4) is 0 Å². The fraction of sp³-hybridized carbons (Fsp3) is 0.364. The molecule has 1 saturated heterocycles. The molecule has 0 aliphatic carbocycles. The van der Waals surface area contributed by atoms with Crippen molar-refractivity contribution in [2.75, 3.05) is 50.1 Å². The number of carbonyl (C=O) groups excluding carboxylic acids is 1. The van der Waals surface area contributed by atoms with Crippen LogP contribution in [0.4, 0.5) is 11.4 Å². The number of carbonyl (C=O) groups is 1. The number of rotatable bonds is 6. The van der Waals surface area contributed by atoms with Crippen molar-refractivity contribution in [2.24, 2.45) is 0 Å². The average molecular weight is 413 g/mol. The molecule has 2 N–H and O–H groups in total. The van der Waals surface area contributed by atoms with Crippen LogP contribution in [0.25, 0.3) is 0 Å². The Morgan fingerprint density at radius 3 is 2.31 bits per heavy atom. The lowest BCUT2D eigenvalue weighted by molar-refractivity contribution is 0.0977. The Kier molecular flexibility index (Phi) is 7.43. The van der Waals surface area contributed by atoms with E-state index in [1.165, 1.54) is 5.69 Å². The Morgan fingerprint density at radius 1 is 1.03 bits per heavy atom. The number of ether oxygens (including phenoxy) is 1. The molecular weight excluding hydrogens is 384 g/mol. The maximum absolute atomic E-state index is 12.4. The highest BCUT2D eigenvalue weighted by Gasteiger charge is 2.14. The van der Waals surface area contributed by atoms with E-state index in [-0.39, 0.29) is 11.0 Å². The van der Waals surface area contributed by atoms with E-state index in [2.05, 4.69) is 46.5 Å². The fourth-order valence-electron chi connectivity index (χ4n) is 3.08. The molecule has 2 aromatic rings. The third kappa shape index (κ3) is 6.17. The van der Waals surface area contributed by atoms with Crippen molar-refractivity contribution >= 4 is 34.6 Å². The van der Waals surface area contributed by atoms with Gasteiger partial charge in [0.25, 0.3) is 5.91 Å². The van der Waals surface area contributed by atoms with Gasteiger partial charge in [-0.3, -0.25) is 10.1 Å². The van der Waals surface area contributed by atoms with Crippen molar-refractivity contribution in [1.29, 1.82) is 0 Å². The Labute approximate surface area is 177 Å². The van der Waals surface area contributed by atoms with Crippen molar-refractivity contribution in [3.8, 4) is 5.75 Å². The highest BCUT2D eigenvalue weighted by molar-refractivity contribution is 7.80. The molecule has 6 nitrogen and oxygen atoms in total. The molecule has 3 rings (SSSR count). The minimum absolute atomic E-state index is 0.251. The first-order chi connectivity index (χ1) is 14.0. The van der Waals surface area contributed by atoms with Crippen LogP contribution in [0.1, 0.15) is 23.7 Å². The maximum Gasteiger partial charge on any atom is 0.257 e. The van der Waals surface area contributed by atoms with E-state index >= 15 is 0 Å². The van der Waals surface area contributed by atoms with Gasteiger partial charge in [-0.15, -0.1) is 0 Å². The average Bonchev–Trinajstić information content (AvgIpc) is 2.73. The second kappa shape index (κ2) is 10.2. The molecule has 0 spiro atoms. The summed E-state index contributed by atoms with van der Waals surface area (Å²) in [5.74, 6) is 0.503. The van der Waals surface area contributed by atoms with E-state index in [4.69, 9.17) is 17.0 Å². The molecular formula is C22H28N4O2S. The zero-order valence-corrected chi connectivity index (χ0v) is 17.8. The summed E-state index contributed by atoms with van der Waals surface area (Å²) in [6.07, 6.45) is 0.943. The highest BCUT2D eigenvalue weighted by atomic mass is 32.1. The molecule has 0 bridgehead atoms. The fourth-order valence-corrected chi connectivity index (χ4v) is 3.29. The maximum atomic E-state index is 12.4. The van der Waals surface area contributed by atoms with Gasteiger partial charge in [0.05, 0.1) is 6.61 Å². The topological polar surface area (TPSA) is 56.8 Å². The SMILES string of the molecule is CCCOc1ccc(C(=O)NC(=S)Nc2ccc(N3CCN(C)CC3)cc2)cc1. The molecule has 0 saturated carbocycles. The van der Waals surface area contributed by atoms with E-state index < -0.39 is 0 Å². The quantitative estimate of drug-likeness (QED) is 0.710. The molecule has 1 amide bonds. The predicted molar refractivity (Wildman–Crippen MR) is 122 cm³/mol. The molecule has 1 aliphatic heterocycles. The largest absolute Gasteiger partial charge is 0.494 e. The Hall–Kier alpha value is -2.64. The molecule has 1 aliphatic rings. The molecule has 29 heavy (non-hydrogen) atoms. The van der Waals surface area contributed by atoms with Crippen LogP contribution in [0, 0.1) is 0 Å². The molecule has 1 fully saturated rings. The number of hydrogen-bond donors (Lipinski definition) is 2. The van der Waals surface area contributed by atoms with Crippen molar-refractivity contribution in [1.82, 2.24) is 10.2 Å². The minimum Gasteiger partial charge on any atom is -0.494 e. The van der Waals surface area contributed by atoms with Gasteiger partial charge in [0, 0.05) is 43.1 Å². The number of likely N-dealkylation sites (N-methyl/N-ethyl adjacent to an activating group) is 1. The molecule has 0 radical (unpaired) electrons. The standard InChI is InChI=1S/C22H28N4O2S/c1-3-16-28-20-10-4-17(5-11-20)21(27)24-22(29)23-18-6-8-19(9-7-18)26-14-12-25(2)13-15-26/h4-11H,3,12-16H2,1-2H3,(H2,23,24,27,29). The lowest BCUT2D eigenvalue weighted by Crippen LogP contribution is -2.44. The summed E-state index contributed by atoms with van der Waals surface area (Å²) in [7, 11) is 2.15. The predicted octanol–water partition coefficient (Wildman–Crippen LogP) is 3.35. The lowest BCUT2D eigenvalue weighted by Gasteiger charge is -2.34. The van der Waals surface area contributed by atoms with Gasteiger partial charge in [-0.1, -0.05) is 6.92 Å². The van der Waals surface area contributed by atoms with Crippen LogP contribution < -0.4 is 20.3 Å². The molecule has 7 heteroatoms. The van der Waals surface area contributed by atoms with E-state index in [1.807, 2.05) is 12.1 Å². The van der Waals surface area contributed by atoms with Crippen molar-refractivity contribution in [2.45, 2.75) is 13.3 Å². The van der Waals surface area contributed by atoms with Gasteiger partial charge in [0.15, 0.2) is 5.11 Å². The Balaban J connectivity index is 1.50. The summed E-state index contributed by atoms with van der Waals surface area (Å²) < 4.78 is 5.53. The molecule has 1 heterocycles. The third-order valence-electron chi connectivity index (χ3n) is 4.81. The molecule has 0 unspecified atom stereocenters. The van der Waals surface area contributed by atoms with Crippen LogP contribution in [-0.4, -0.2) is 55.8 Å². The first-order valence-corrected chi connectivity index (χ1v) is 10.3. The number of anilines is 2. The van der Waals surface area contributed by atoms with Gasteiger partial charge in [-0.05, 0) is 74.2 Å². The van der Waals surface area contributed by atoms with E-state index in [0.717, 1.165) is 44.0 Å². The third-order valence-corrected chi connectivity index (χ3v) is 5.01. The van der Waals surface area contributed by atoms with E-state index in [0.29, 0.717) is 12.2 Å². The number of nitrogens with one attached hydrogen (secondary N) is 2. The first kappa shape index (κ1) is 21.1. The van der Waals surface area contributed by atoms with Crippen LogP contribution in [0.15, 0.2) is 48.5 Å². The van der Waals surface area contributed by atoms with Gasteiger partial charge >= 0.3 is 0 Å². The summed E-state index contributed by atoms with van der Waals surface area (Å²) in [6.45, 7) is 6.91. The second-order valence-electron chi connectivity index (χ2n) is 7.12. The van der Waals surface area contributed by atoms with Gasteiger partial charge in [-0.2, -0.15) is 0 Å². The summed E-state index contributed by atoms with van der Waals surface area (Å²) in [5.41, 5.74) is 2.57. The molecule has 2 aromatic carbocycles. The van der Waals surface area contributed by atoms with Crippen LogP contribution in [0.5, 0.6) is 5.75 Å². The van der Waals surface area contributed by atoms with Crippen LogP contribution in [-0.2, 0) is 0 Å². The summed E-state index contributed by atoms with van der Waals surface area (Å²) in [4.78, 5) is 17.1. The Bertz CT molecular complexity index is 816. The zero-order chi connectivity index (χ0) is 20.6. The van der Waals surface area contributed by atoms with E-state index in [1.54, 1.807) is 24.3 Å². The van der Waals surface area contributed by atoms with Crippen LogP contribution >= 0.6 is 12.2 Å². The monoisotopic (exact) mass is 412 g/mol. The number of nitrogens with zero attached hydrogens (tertiary/aromatic N) is 2. The van der Waals surface area contributed by atoms with Crippen molar-refractivity contribution in [3.05, 3.63) is 54.1 Å². The summed E-state index contributed by atoms with van der Waals surface area (Å²) >= 11 is 5.28. The summed E-state index contributed by atoms with van der Waals surface area (Å²) in [6, 6.07) is 15.1. The number of piperazine rings is 1. The normalized spacial score (nSPS) is 14.3. The molecule has 0 atom stereocenters. The number of hydrogen-bond acceptors (Lipinski definition) is 5. The van der Waals surface area contributed by atoms with E-state index in [9.17, 15) is 4.79 Å². The smallest absolute Gasteiger partial charge is 0.257 e. The number of thiocarbonyl (C=S) groups is 1. The zero-order valence-electron chi connectivity index (χ0n) is 17.0. The molecule has 0 aromatic heterocycles. The Morgan fingerprint density at radius 2 is 1.69 bits per heavy atom.